The minimum Gasteiger partial charge on any atom is -0.494 e. The maximum atomic E-state index is 14.2. The summed E-state index contributed by atoms with van der Waals surface area (Å²) in [6.45, 7) is 0.621. The number of benzene rings is 3. The predicted octanol–water partition coefficient (Wildman–Crippen LogP) is 5.21. The van der Waals surface area contributed by atoms with Gasteiger partial charge in [-0.1, -0.05) is 62.2 Å². The van der Waals surface area contributed by atoms with E-state index < -0.39 is 17.9 Å². The van der Waals surface area contributed by atoms with E-state index in [0.717, 1.165) is 20.1 Å². The van der Waals surface area contributed by atoms with Crippen LogP contribution in [-0.4, -0.2) is 62.7 Å². The molecule has 3 aromatic rings. The molecule has 2 atom stereocenters. The van der Waals surface area contributed by atoms with E-state index in [9.17, 15) is 4.79 Å². The molecule has 1 amide bonds. The summed E-state index contributed by atoms with van der Waals surface area (Å²) in [5.74, 6) is 0.710. The first-order valence-electron chi connectivity index (χ1n) is 12.8. The van der Waals surface area contributed by atoms with Gasteiger partial charge < -0.3 is 29.4 Å². The van der Waals surface area contributed by atoms with Gasteiger partial charge in [-0.05, 0) is 48.0 Å². The molecule has 1 aliphatic rings. The lowest BCUT2D eigenvalue weighted by Gasteiger charge is -2.31. The number of aliphatic imine (C=N–C) groups is 1. The summed E-state index contributed by atoms with van der Waals surface area (Å²) in [7, 11) is 3.04. The van der Waals surface area contributed by atoms with Gasteiger partial charge in [0.15, 0.2) is 17.9 Å². The molecule has 0 bridgehead atoms. The average molecular weight is 676 g/mol. The van der Waals surface area contributed by atoms with E-state index in [0.29, 0.717) is 30.2 Å². The van der Waals surface area contributed by atoms with Crippen LogP contribution in [0, 0.1) is 0 Å². The topological polar surface area (TPSA) is 98.6 Å². The van der Waals surface area contributed by atoms with Crippen molar-refractivity contribution in [1.82, 2.24) is 5.32 Å². The molecule has 0 aromatic heterocycles. The van der Waals surface area contributed by atoms with Crippen LogP contribution in [0.25, 0.3) is 0 Å². The molecular weight excluding hydrogens is 644 g/mol. The van der Waals surface area contributed by atoms with Crippen LogP contribution < -0.4 is 10.1 Å². The van der Waals surface area contributed by atoms with Crippen molar-refractivity contribution in [2.75, 3.05) is 34.0 Å². The number of aliphatic hydroxyl groups excluding tert-OH is 1. The molecule has 0 fully saturated rings. The molecule has 0 saturated heterocycles. The number of halogens is 2. The molecule has 0 saturated carbocycles. The number of nitrogens with zero attached hydrogens (tertiary/aromatic N) is 1. The molecule has 212 valence electrons. The number of carbonyl (C=O) groups is 1. The van der Waals surface area contributed by atoms with E-state index in [4.69, 9.17) is 29.0 Å². The number of ether oxygens (including phenoxy) is 4. The number of rotatable bonds is 13. The smallest absolute Gasteiger partial charge is 0.252 e. The standard InChI is InChI=1S/C30H32Br2N2O6/c1-37-26(38-2)19-33-29(36)30(18-20-8-12-22(31)13-9-20)27(24-6-3-4-7-25(24)32)40-28(34-30)21-10-14-23(15-11-21)39-17-5-16-35/h3-4,6-15,26-27,35H,5,16-19H2,1-2H3,(H,33,36)/t27-,30-/m1/s1. The number of hydrogen-bond acceptors (Lipinski definition) is 7. The number of nitrogens with one attached hydrogen (secondary N) is 1. The van der Waals surface area contributed by atoms with Crippen molar-refractivity contribution < 1.29 is 28.8 Å². The fourth-order valence-electron chi connectivity index (χ4n) is 4.45. The molecule has 8 nitrogen and oxygen atoms in total. The number of hydrogen-bond donors (Lipinski definition) is 2. The fraction of sp³-hybridized carbons (Fsp3) is 0.333. The molecule has 0 spiro atoms. The van der Waals surface area contributed by atoms with Gasteiger partial charge in [0.1, 0.15) is 5.75 Å². The van der Waals surface area contributed by atoms with E-state index in [1.807, 2.05) is 72.8 Å². The number of methoxy groups -OCH3 is 2. The van der Waals surface area contributed by atoms with Crippen LogP contribution in [0.3, 0.4) is 0 Å². The zero-order chi connectivity index (χ0) is 28.5. The van der Waals surface area contributed by atoms with E-state index in [-0.39, 0.29) is 25.5 Å². The summed E-state index contributed by atoms with van der Waals surface area (Å²) in [4.78, 5) is 19.2. The normalized spacial score (nSPS) is 18.4. The Labute approximate surface area is 251 Å². The molecule has 3 aromatic carbocycles. The molecule has 10 heteroatoms. The molecule has 2 N–H and O–H groups in total. The van der Waals surface area contributed by atoms with Crippen LogP contribution in [-0.2, 0) is 25.4 Å². The molecular formula is C30H32Br2N2O6. The summed E-state index contributed by atoms with van der Waals surface area (Å²) >= 11 is 7.15. The lowest BCUT2D eigenvalue weighted by molar-refractivity contribution is -0.134. The predicted molar refractivity (Wildman–Crippen MR) is 160 cm³/mol. The summed E-state index contributed by atoms with van der Waals surface area (Å²) in [5.41, 5.74) is 1.10. The minimum atomic E-state index is -1.34. The molecule has 40 heavy (non-hydrogen) atoms. The molecule has 0 unspecified atom stereocenters. The molecule has 1 heterocycles. The Bertz CT molecular complexity index is 1300. The van der Waals surface area contributed by atoms with Crippen molar-refractivity contribution in [1.29, 1.82) is 0 Å². The Balaban J connectivity index is 1.77. The second kappa shape index (κ2) is 14.2. The Hall–Kier alpha value is -2.76. The van der Waals surface area contributed by atoms with Crippen molar-refractivity contribution in [2.24, 2.45) is 4.99 Å². The highest BCUT2D eigenvalue weighted by Crippen LogP contribution is 2.44. The van der Waals surface area contributed by atoms with Gasteiger partial charge in [-0.15, -0.1) is 0 Å². The van der Waals surface area contributed by atoms with E-state index in [2.05, 4.69) is 37.2 Å². The fourth-order valence-corrected chi connectivity index (χ4v) is 5.21. The Morgan fingerprint density at radius 2 is 1.75 bits per heavy atom. The first-order valence-corrected chi connectivity index (χ1v) is 14.4. The maximum absolute atomic E-state index is 14.2. The average Bonchev–Trinajstić information content (AvgIpc) is 3.35. The Morgan fingerprint density at radius 1 is 1.05 bits per heavy atom. The van der Waals surface area contributed by atoms with Gasteiger partial charge in [0.05, 0.1) is 13.2 Å². The van der Waals surface area contributed by atoms with E-state index >= 15 is 0 Å². The van der Waals surface area contributed by atoms with E-state index in [1.165, 1.54) is 14.2 Å². The molecule has 4 rings (SSSR count). The van der Waals surface area contributed by atoms with Crippen molar-refractivity contribution >= 4 is 43.7 Å². The summed E-state index contributed by atoms with van der Waals surface area (Å²) < 4.78 is 24.6. The third-order valence-electron chi connectivity index (χ3n) is 6.56. The summed E-state index contributed by atoms with van der Waals surface area (Å²) in [5, 5.41) is 12.0. The Kier molecular flexibility index (Phi) is 10.7. The lowest BCUT2D eigenvalue weighted by atomic mass is 9.82. The third kappa shape index (κ3) is 7.11. The van der Waals surface area contributed by atoms with Crippen molar-refractivity contribution in [2.45, 2.75) is 30.8 Å². The van der Waals surface area contributed by atoms with Gasteiger partial charge in [-0.2, -0.15) is 0 Å². The van der Waals surface area contributed by atoms with Crippen LogP contribution in [0.2, 0.25) is 0 Å². The number of carbonyl (C=O) groups excluding carboxylic acids is 1. The highest BCUT2D eigenvalue weighted by molar-refractivity contribution is 9.10. The van der Waals surface area contributed by atoms with Crippen LogP contribution in [0.5, 0.6) is 5.75 Å². The highest BCUT2D eigenvalue weighted by Gasteiger charge is 2.53. The molecule has 0 radical (unpaired) electrons. The van der Waals surface area contributed by atoms with Gasteiger partial charge in [0.25, 0.3) is 5.91 Å². The molecule has 1 aliphatic heterocycles. The second-order valence-electron chi connectivity index (χ2n) is 9.22. The third-order valence-corrected chi connectivity index (χ3v) is 7.81. The maximum Gasteiger partial charge on any atom is 0.252 e. The largest absolute Gasteiger partial charge is 0.494 e. The minimum absolute atomic E-state index is 0.0667. The number of aliphatic hydroxyl groups is 1. The zero-order valence-corrected chi connectivity index (χ0v) is 25.5. The van der Waals surface area contributed by atoms with E-state index in [1.54, 1.807) is 0 Å². The van der Waals surface area contributed by atoms with Crippen LogP contribution in [0.15, 0.2) is 86.7 Å². The van der Waals surface area contributed by atoms with Gasteiger partial charge in [-0.25, -0.2) is 4.99 Å². The van der Waals surface area contributed by atoms with Crippen LogP contribution in [0.4, 0.5) is 0 Å². The first kappa shape index (κ1) is 30.2. The number of amides is 1. The quantitative estimate of drug-likeness (QED) is 0.191. The van der Waals surface area contributed by atoms with Gasteiger partial charge in [0, 0.05) is 53.7 Å². The van der Waals surface area contributed by atoms with Gasteiger partial charge >= 0.3 is 0 Å². The summed E-state index contributed by atoms with van der Waals surface area (Å²) in [6.07, 6.45) is -0.508. The van der Waals surface area contributed by atoms with Crippen LogP contribution in [0.1, 0.15) is 29.2 Å². The van der Waals surface area contributed by atoms with Crippen molar-refractivity contribution in [3.05, 3.63) is 98.4 Å². The second-order valence-corrected chi connectivity index (χ2v) is 11.0. The zero-order valence-electron chi connectivity index (χ0n) is 22.3. The van der Waals surface area contributed by atoms with Gasteiger partial charge in [-0.3, -0.25) is 4.79 Å². The van der Waals surface area contributed by atoms with Crippen molar-refractivity contribution in [3.8, 4) is 5.75 Å². The Morgan fingerprint density at radius 3 is 2.40 bits per heavy atom. The van der Waals surface area contributed by atoms with Gasteiger partial charge in [0.2, 0.25) is 5.90 Å². The van der Waals surface area contributed by atoms with Crippen LogP contribution >= 0.6 is 31.9 Å². The first-order chi connectivity index (χ1) is 19.4. The monoisotopic (exact) mass is 674 g/mol. The SMILES string of the molecule is COC(CNC(=O)[C@]1(Cc2ccc(Br)cc2)N=C(c2ccc(OCCCO)cc2)O[C@@H]1c1ccccc1Br)OC. The molecule has 0 aliphatic carbocycles. The summed E-state index contributed by atoms with van der Waals surface area (Å²) in [6, 6.07) is 22.8. The highest BCUT2D eigenvalue weighted by atomic mass is 79.9. The van der Waals surface area contributed by atoms with Crippen molar-refractivity contribution in [3.63, 3.8) is 0 Å². The lowest BCUT2D eigenvalue weighted by Crippen LogP contribution is -2.51.